The third-order valence-corrected chi connectivity index (χ3v) is 3.24. The van der Waals surface area contributed by atoms with Crippen molar-refractivity contribution in [2.75, 3.05) is 33.2 Å². The Morgan fingerprint density at radius 3 is 2.54 bits per heavy atom. The molecule has 4 nitrogen and oxygen atoms in total. The normalized spacial score (nSPS) is 12.6. The molecule has 0 heterocycles. The predicted molar refractivity (Wildman–Crippen MR) is 87.5 cm³/mol. The first-order valence-electron chi connectivity index (χ1n) is 7.73. The summed E-state index contributed by atoms with van der Waals surface area (Å²) in [6, 6.07) is 4.91. The van der Waals surface area contributed by atoms with Gasteiger partial charge in [0.15, 0.2) is 5.96 Å². The number of likely N-dealkylation sites (N-methyl/N-ethyl adjacent to an activating group) is 1. The summed E-state index contributed by atoms with van der Waals surface area (Å²) in [5.41, 5.74) is 1.30. The van der Waals surface area contributed by atoms with Gasteiger partial charge in [0, 0.05) is 19.6 Å². The Kier molecular flexibility index (Phi) is 7.97. The molecule has 0 fully saturated rings. The second-order valence-electron chi connectivity index (χ2n) is 5.56. The van der Waals surface area contributed by atoms with Gasteiger partial charge in [-0.2, -0.15) is 13.2 Å². The maximum atomic E-state index is 13.5. The van der Waals surface area contributed by atoms with Crippen molar-refractivity contribution in [1.29, 1.82) is 0 Å². The smallest absolute Gasteiger partial charge is 0.357 e. The lowest BCUT2D eigenvalue weighted by Gasteiger charge is -2.19. The number of rotatable bonds is 7. The van der Waals surface area contributed by atoms with Crippen LogP contribution in [0.25, 0.3) is 0 Å². The molecule has 1 aromatic rings. The van der Waals surface area contributed by atoms with Crippen LogP contribution in [0.1, 0.15) is 18.1 Å². The molecule has 0 spiro atoms. The molecule has 0 aromatic heterocycles. The lowest BCUT2D eigenvalue weighted by atomic mass is 10.1. The van der Waals surface area contributed by atoms with Crippen LogP contribution in [0.5, 0.6) is 0 Å². The monoisotopic (exact) mass is 348 g/mol. The summed E-state index contributed by atoms with van der Waals surface area (Å²) in [5, 5.41) is 5.97. The molecule has 1 aromatic carbocycles. The van der Waals surface area contributed by atoms with Gasteiger partial charge in [-0.15, -0.1) is 0 Å². The van der Waals surface area contributed by atoms with Crippen LogP contribution in [-0.4, -0.2) is 50.3 Å². The molecule has 0 radical (unpaired) electrons. The molecule has 0 atom stereocenters. The summed E-state index contributed by atoms with van der Waals surface area (Å²) in [6.07, 6.45) is -4.21. The number of alkyl halides is 3. The Morgan fingerprint density at radius 1 is 1.25 bits per heavy atom. The van der Waals surface area contributed by atoms with Crippen LogP contribution in [0.2, 0.25) is 0 Å². The average molecular weight is 348 g/mol. The first-order chi connectivity index (χ1) is 11.2. The number of aliphatic imine (C=N–C) groups is 1. The highest BCUT2D eigenvalue weighted by molar-refractivity contribution is 5.79. The van der Waals surface area contributed by atoms with E-state index in [1.165, 1.54) is 18.0 Å². The SMILES string of the molecule is CCNC(=NCc1ccc(C)c(F)c1)NCCN(C)CC(F)(F)F. The van der Waals surface area contributed by atoms with Crippen molar-refractivity contribution < 1.29 is 17.6 Å². The predicted octanol–water partition coefficient (Wildman–Crippen LogP) is 2.68. The maximum absolute atomic E-state index is 13.5. The zero-order valence-electron chi connectivity index (χ0n) is 14.2. The molecule has 0 aliphatic carbocycles. The van der Waals surface area contributed by atoms with E-state index in [0.29, 0.717) is 24.6 Å². The van der Waals surface area contributed by atoms with Gasteiger partial charge >= 0.3 is 6.18 Å². The Morgan fingerprint density at radius 2 is 1.96 bits per heavy atom. The molecule has 136 valence electrons. The van der Waals surface area contributed by atoms with Gasteiger partial charge in [-0.3, -0.25) is 4.90 Å². The van der Waals surface area contributed by atoms with Crippen LogP contribution in [-0.2, 0) is 6.54 Å². The Bertz CT molecular complexity index is 543. The second-order valence-corrected chi connectivity index (χ2v) is 5.56. The van der Waals surface area contributed by atoms with Gasteiger partial charge in [-0.25, -0.2) is 9.38 Å². The van der Waals surface area contributed by atoms with Crippen LogP contribution in [0, 0.1) is 12.7 Å². The van der Waals surface area contributed by atoms with Crippen LogP contribution in [0.4, 0.5) is 17.6 Å². The molecule has 0 unspecified atom stereocenters. The largest absolute Gasteiger partial charge is 0.401 e. The fraction of sp³-hybridized carbons (Fsp3) is 0.562. The molecule has 0 bridgehead atoms. The Labute approximate surface area is 139 Å². The van der Waals surface area contributed by atoms with E-state index in [0.717, 1.165) is 5.56 Å². The van der Waals surface area contributed by atoms with E-state index >= 15 is 0 Å². The van der Waals surface area contributed by atoms with Gasteiger partial charge < -0.3 is 10.6 Å². The molecule has 0 aliphatic rings. The minimum Gasteiger partial charge on any atom is -0.357 e. The number of hydrogen-bond acceptors (Lipinski definition) is 2. The molecular formula is C16H24F4N4. The first-order valence-corrected chi connectivity index (χ1v) is 7.73. The van der Waals surface area contributed by atoms with E-state index in [4.69, 9.17) is 0 Å². The highest BCUT2D eigenvalue weighted by atomic mass is 19.4. The summed E-state index contributed by atoms with van der Waals surface area (Å²) < 4.78 is 50.3. The molecule has 1 rings (SSSR count). The van der Waals surface area contributed by atoms with Crippen molar-refractivity contribution in [3.05, 3.63) is 35.1 Å². The van der Waals surface area contributed by atoms with E-state index in [-0.39, 0.29) is 18.9 Å². The molecular weight excluding hydrogens is 324 g/mol. The zero-order valence-corrected chi connectivity index (χ0v) is 14.2. The standard InChI is InChI=1S/C16H24F4N4/c1-4-21-15(22-7-8-24(3)11-16(18,19)20)23-10-13-6-5-12(2)14(17)9-13/h5-6,9H,4,7-8,10-11H2,1-3H3,(H2,21,22,23). The summed E-state index contributed by atoms with van der Waals surface area (Å²) in [7, 11) is 1.41. The Hall–Kier alpha value is -1.83. The molecule has 0 amide bonds. The van der Waals surface area contributed by atoms with Gasteiger partial charge in [0.25, 0.3) is 0 Å². The highest BCUT2D eigenvalue weighted by Crippen LogP contribution is 2.15. The van der Waals surface area contributed by atoms with Crippen LogP contribution in [0.15, 0.2) is 23.2 Å². The van der Waals surface area contributed by atoms with E-state index < -0.39 is 12.7 Å². The third-order valence-electron chi connectivity index (χ3n) is 3.24. The Balaban J connectivity index is 2.52. The molecule has 0 saturated carbocycles. The molecule has 8 heteroatoms. The van der Waals surface area contributed by atoms with Gasteiger partial charge in [0.2, 0.25) is 0 Å². The molecule has 0 saturated heterocycles. The van der Waals surface area contributed by atoms with Gasteiger partial charge in [0.1, 0.15) is 5.82 Å². The number of guanidine groups is 1. The van der Waals surface area contributed by atoms with Crippen LogP contribution < -0.4 is 10.6 Å². The minimum atomic E-state index is -4.21. The maximum Gasteiger partial charge on any atom is 0.401 e. The van der Waals surface area contributed by atoms with Crippen molar-refractivity contribution >= 4 is 5.96 Å². The zero-order chi connectivity index (χ0) is 18.2. The van der Waals surface area contributed by atoms with E-state index in [1.807, 2.05) is 6.92 Å². The van der Waals surface area contributed by atoms with Crippen LogP contribution in [0.3, 0.4) is 0 Å². The van der Waals surface area contributed by atoms with E-state index in [1.54, 1.807) is 19.1 Å². The highest BCUT2D eigenvalue weighted by Gasteiger charge is 2.28. The summed E-state index contributed by atoms with van der Waals surface area (Å²) >= 11 is 0. The second kappa shape index (κ2) is 9.46. The lowest BCUT2D eigenvalue weighted by molar-refractivity contribution is -0.142. The third kappa shape index (κ3) is 8.14. The number of hydrogen-bond donors (Lipinski definition) is 2. The van der Waals surface area contributed by atoms with Crippen molar-refractivity contribution in [3.63, 3.8) is 0 Å². The summed E-state index contributed by atoms with van der Waals surface area (Å²) in [6.45, 7) is 4.07. The number of benzene rings is 1. The van der Waals surface area contributed by atoms with Crippen molar-refractivity contribution in [2.24, 2.45) is 4.99 Å². The van der Waals surface area contributed by atoms with Crippen LogP contribution >= 0.6 is 0 Å². The van der Waals surface area contributed by atoms with Gasteiger partial charge in [-0.05, 0) is 38.1 Å². The fourth-order valence-corrected chi connectivity index (χ4v) is 2.00. The fourth-order valence-electron chi connectivity index (χ4n) is 2.00. The number of nitrogens with zero attached hydrogens (tertiary/aromatic N) is 2. The minimum absolute atomic E-state index is 0.225. The molecule has 2 N–H and O–H groups in total. The molecule has 0 aliphatic heterocycles. The van der Waals surface area contributed by atoms with Gasteiger partial charge in [-0.1, -0.05) is 12.1 Å². The number of nitrogens with one attached hydrogen (secondary N) is 2. The number of halogens is 4. The quantitative estimate of drug-likeness (QED) is 0.452. The topological polar surface area (TPSA) is 39.7 Å². The van der Waals surface area contributed by atoms with Crippen molar-refractivity contribution in [1.82, 2.24) is 15.5 Å². The summed E-state index contributed by atoms with van der Waals surface area (Å²) in [5.74, 6) is 0.202. The van der Waals surface area contributed by atoms with E-state index in [2.05, 4.69) is 15.6 Å². The average Bonchev–Trinajstić information content (AvgIpc) is 2.46. The lowest BCUT2D eigenvalue weighted by Crippen LogP contribution is -2.42. The number of aryl methyl sites for hydroxylation is 1. The van der Waals surface area contributed by atoms with E-state index in [9.17, 15) is 17.6 Å². The van der Waals surface area contributed by atoms with Crippen molar-refractivity contribution in [2.45, 2.75) is 26.6 Å². The van der Waals surface area contributed by atoms with Crippen molar-refractivity contribution in [3.8, 4) is 0 Å². The first kappa shape index (κ1) is 20.2. The van der Waals surface area contributed by atoms with Gasteiger partial charge in [0.05, 0.1) is 13.1 Å². The molecule has 24 heavy (non-hydrogen) atoms. The summed E-state index contributed by atoms with van der Waals surface area (Å²) in [4.78, 5) is 5.50.